The van der Waals surface area contributed by atoms with E-state index < -0.39 is 17.7 Å². The van der Waals surface area contributed by atoms with Crippen molar-refractivity contribution in [3.8, 4) is 0 Å². The van der Waals surface area contributed by atoms with Crippen molar-refractivity contribution in [2.24, 2.45) is 5.41 Å². The number of anilines is 1. The molecule has 0 aromatic carbocycles. The van der Waals surface area contributed by atoms with E-state index in [2.05, 4.69) is 41.1 Å². The highest BCUT2D eigenvalue weighted by atomic mass is 79.9. The zero-order valence-electron chi connectivity index (χ0n) is 19.2. The first-order valence-corrected chi connectivity index (χ1v) is 11.7. The Morgan fingerprint density at radius 2 is 1.97 bits per heavy atom. The molecule has 1 amide bonds. The number of esters is 1. The highest BCUT2D eigenvalue weighted by Gasteiger charge is 2.49. The number of alkyl carbamates (subject to hydrolysis) is 1. The summed E-state index contributed by atoms with van der Waals surface area (Å²) in [5, 5.41) is 3.13. The molecule has 176 valence electrons. The molecule has 0 saturated carbocycles. The molecule has 1 spiro atoms. The van der Waals surface area contributed by atoms with Crippen LogP contribution in [-0.2, 0) is 15.9 Å². The van der Waals surface area contributed by atoms with E-state index in [1.54, 1.807) is 12.4 Å². The monoisotopic (exact) mass is 517 g/mol. The number of carbonyl (C=O) groups is 2. The fourth-order valence-electron chi connectivity index (χ4n) is 4.74. The van der Waals surface area contributed by atoms with Crippen molar-refractivity contribution in [3.05, 3.63) is 46.1 Å². The van der Waals surface area contributed by atoms with Crippen molar-refractivity contribution in [2.45, 2.75) is 51.7 Å². The number of carbonyl (C=O) groups excluding carboxylic acids is 2. The van der Waals surface area contributed by atoms with Crippen LogP contribution in [0, 0.1) is 5.41 Å². The van der Waals surface area contributed by atoms with Gasteiger partial charge in [-0.2, -0.15) is 0 Å². The summed E-state index contributed by atoms with van der Waals surface area (Å²) in [5.74, 6) is -0.0220. The number of amides is 1. The summed E-state index contributed by atoms with van der Waals surface area (Å²) < 4.78 is 10.9. The molecular weight excluding hydrogens is 490 g/mol. The first kappa shape index (κ1) is 23.4. The largest absolute Gasteiger partial charge is 0.464 e. The molecule has 0 unspecified atom stereocenters. The van der Waals surface area contributed by atoms with Crippen LogP contribution in [0.15, 0.2) is 29.1 Å². The summed E-state index contributed by atoms with van der Waals surface area (Å²) in [6.07, 6.45) is 5.27. The molecule has 2 aliphatic rings. The highest BCUT2D eigenvalue weighted by Crippen LogP contribution is 2.51. The molecular formula is C23H28BrN5O4. The lowest BCUT2D eigenvalue weighted by atomic mass is 9.73. The number of piperidine rings is 1. The van der Waals surface area contributed by atoms with Crippen LogP contribution in [0.4, 0.5) is 10.6 Å². The molecule has 1 aliphatic heterocycles. The molecule has 10 heteroatoms. The van der Waals surface area contributed by atoms with Gasteiger partial charge in [-0.15, -0.1) is 0 Å². The van der Waals surface area contributed by atoms with Gasteiger partial charge in [0, 0.05) is 30.4 Å². The van der Waals surface area contributed by atoms with Crippen LogP contribution in [0.5, 0.6) is 0 Å². The topological polar surface area (TPSA) is 107 Å². The van der Waals surface area contributed by atoms with E-state index in [0.717, 1.165) is 30.5 Å². The molecule has 4 rings (SSSR count). The Hall–Kier alpha value is -2.75. The third-order valence-corrected chi connectivity index (χ3v) is 6.57. The maximum atomic E-state index is 12.7. The lowest BCUT2D eigenvalue weighted by Crippen LogP contribution is -2.48. The fourth-order valence-corrected chi connectivity index (χ4v) is 5.02. The van der Waals surface area contributed by atoms with E-state index >= 15 is 0 Å². The van der Waals surface area contributed by atoms with Crippen LogP contribution >= 0.6 is 15.9 Å². The molecule has 9 nitrogen and oxygen atoms in total. The molecule has 33 heavy (non-hydrogen) atoms. The summed E-state index contributed by atoms with van der Waals surface area (Å²) in [6.45, 7) is 6.86. The van der Waals surface area contributed by atoms with Crippen LogP contribution in [0.1, 0.15) is 61.4 Å². The Morgan fingerprint density at radius 1 is 1.24 bits per heavy atom. The van der Waals surface area contributed by atoms with Gasteiger partial charge in [-0.05, 0) is 67.6 Å². The molecule has 2 aromatic rings. The van der Waals surface area contributed by atoms with Gasteiger partial charge in [0.1, 0.15) is 10.2 Å². The lowest BCUT2D eigenvalue weighted by molar-refractivity contribution is 0.0426. The first-order chi connectivity index (χ1) is 15.6. The molecule has 1 N–H and O–H groups in total. The lowest BCUT2D eigenvalue weighted by Gasteiger charge is -2.43. The zero-order valence-corrected chi connectivity index (χ0v) is 20.8. The van der Waals surface area contributed by atoms with Crippen LogP contribution in [0.3, 0.4) is 0 Å². The number of fused-ring (bicyclic) bond motifs is 1. The average molecular weight is 518 g/mol. The maximum Gasteiger partial charge on any atom is 0.408 e. The second-order valence-electron chi connectivity index (χ2n) is 9.50. The molecule has 0 bridgehead atoms. The second kappa shape index (κ2) is 8.89. The van der Waals surface area contributed by atoms with Crippen LogP contribution < -0.4 is 10.2 Å². The third-order valence-electron chi connectivity index (χ3n) is 6.19. The number of aromatic nitrogens is 3. The normalized spacial score (nSPS) is 19.2. The Labute approximate surface area is 201 Å². The van der Waals surface area contributed by atoms with E-state index in [-0.39, 0.29) is 17.2 Å². The third kappa shape index (κ3) is 4.80. The minimum atomic E-state index is -0.582. The summed E-state index contributed by atoms with van der Waals surface area (Å²) in [7, 11) is 1.33. The van der Waals surface area contributed by atoms with Crippen LogP contribution in [0.2, 0.25) is 0 Å². The number of nitrogens with zero attached hydrogens (tertiary/aromatic N) is 4. The first-order valence-electron chi connectivity index (χ1n) is 10.9. The minimum absolute atomic E-state index is 0.183. The average Bonchev–Trinajstić information content (AvgIpc) is 3.05. The van der Waals surface area contributed by atoms with E-state index in [0.29, 0.717) is 23.5 Å². The van der Waals surface area contributed by atoms with Crippen molar-refractivity contribution in [2.75, 3.05) is 25.1 Å². The quantitative estimate of drug-likeness (QED) is 0.612. The molecule has 0 radical (unpaired) electrons. The van der Waals surface area contributed by atoms with Crippen molar-refractivity contribution in [1.82, 2.24) is 20.3 Å². The van der Waals surface area contributed by atoms with Crippen molar-refractivity contribution in [3.63, 3.8) is 0 Å². The Morgan fingerprint density at radius 3 is 2.64 bits per heavy atom. The molecule has 1 fully saturated rings. The number of rotatable bonds is 3. The maximum absolute atomic E-state index is 12.7. The van der Waals surface area contributed by atoms with Gasteiger partial charge in [-0.1, -0.05) is 6.07 Å². The minimum Gasteiger partial charge on any atom is -0.464 e. The van der Waals surface area contributed by atoms with E-state index in [1.165, 1.54) is 7.11 Å². The smallest absolute Gasteiger partial charge is 0.408 e. The summed E-state index contributed by atoms with van der Waals surface area (Å²) in [6, 6.07) is 3.73. The number of methoxy groups -OCH3 is 1. The fraction of sp³-hybridized carbons (Fsp3) is 0.522. The van der Waals surface area contributed by atoms with E-state index in [1.807, 2.05) is 32.9 Å². The number of nitrogens with one attached hydrogen (secondary N) is 1. The van der Waals surface area contributed by atoms with Crippen molar-refractivity contribution in [1.29, 1.82) is 0 Å². The number of pyridine rings is 1. The Bertz CT molecular complexity index is 1060. The Kier molecular flexibility index (Phi) is 6.30. The molecule has 3 heterocycles. The van der Waals surface area contributed by atoms with Gasteiger partial charge < -0.3 is 19.7 Å². The van der Waals surface area contributed by atoms with Gasteiger partial charge in [-0.3, -0.25) is 4.98 Å². The van der Waals surface area contributed by atoms with Gasteiger partial charge in [0.25, 0.3) is 0 Å². The number of hydrogen-bond acceptors (Lipinski definition) is 8. The van der Waals surface area contributed by atoms with Gasteiger partial charge >= 0.3 is 12.1 Å². The summed E-state index contributed by atoms with van der Waals surface area (Å²) in [5.41, 5.74) is 1.45. The molecule has 2 aromatic heterocycles. The number of halogens is 1. The molecule has 1 atom stereocenters. The van der Waals surface area contributed by atoms with Gasteiger partial charge in [0.05, 0.1) is 19.3 Å². The van der Waals surface area contributed by atoms with Crippen LogP contribution in [-0.4, -0.2) is 52.8 Å². The highest BCUT2D eigenvalue weighted by molar-refractivity contribution is 9.10. The second-order valence-corrected chi connectivity index (χ2v) is 10.3. The molecule has 1 aliphatic carbocycles. The van der Waals surface area contributed by atoms with Crippen LogP contribution in [0.25, 0.3) is 0 Å². The number of ether oxygens (including phenoxy) is 2. The SMILES string of the molecule is COC(=O)c1nc(Br)cnc1N1CCC2(CC1)Cc1ncccc1[C@H]2NC(=O)OC(C)(C)C. The van der Waals surface area contributed by atoms with Gasteiger partial charge in [0.2, 0.25) is 0 Å². The summed E-state index contributed by atoms with van der Waals surface area (Å²) in [4.78, 5) is 40.3. The Balaban J connectivity index is 1.57. The predicted molar refractivity (Wildman–Crippen MR) is 125 cm³/mol. The van der Waals surface area contributed by atoms with Gasteiger partial charge in [-0.25, -0.2) is 19.6 Å². The van der Waals surface area contributed by atoms with Gasteiger partial charge in [0.15, 0.2) is 11.5 Å². The zero-order chi connectivity index (χ0) is 23.8. The van der Waals surface area contributed by atoms with E-state index in [4.69, 9.17) is 9.47 Å². The van der Waals surface area contributed by atoms with Crippen molar-refractivity contribution >= 4 is 33.8 Å². The van der Waals surface area contributed by atoms with Crippen molar-refractivity contribution < 1.29 is 19.1 Å². The van der Waals surface area contributed by atoms with E-state index in [9.17, 15) is 9.59 Å². The standard InChI is InChI=1S/C23H28BrN5O4/c1-22(2,3)33-21(31)28-18-14-6-5-9-25-15(14)12-23(18)7-10-29(11-8-23)19-17(20(30)32-4)27-16(24)13-26-19/h5-6,9,13,18H,7-8,10-12H2,1-4H3,(H,28,31)/t18-/m1/s1. The molecule has 1 saturated heterocycles. The number of hydrogen-bond donors (Lipinski definition) is 1. The predicted octanol–water partition coefficient (Wildman–Crippen LogP) is 3.83. The summed E-state index contributed by atoms with van der Waals surface area (Å²) >= 11 is 3.28.